The van der Waals surface area contributed by atoms with Crippen LogP contribution in [0, 0.1) is 0 Å². The van der Waals surface area contributed by atoms with Crippen molar-refractivity contribution in [2.45, 2.75) is 0 Å². The smallest absolute Gasteiger partial charge is 0.164 e. The first-order chi connectivity index (χ1) is 4.12. The summed E-state index contributed by atoms with van der Waals surface area (Å²) in [4.78, 5) is 0. The minimum Gasteiger partial charge on any atom is -0.329 e. The highest BCUT2D eigenvalue weighted by atomic mass is 35.5. The lowest BCUT2D eigenvalue weighted by Gasteiger charge is -1.98. The van der Waals surface area contributed by atoms with Crippen molar-refractivity contribution in [2.24, 2.45) is 5.73 Å². The summed E-state index contributed by atoms with van der Waals surface area (Å²) in [6.07, 6.45) is 0. The van der Waals surface area contributed by atoms with Crippen LogP contribution in [0.2, 0.25) is 0 Å². The summed E-state index contributed by atoms with van der Waals surface area (Å²) in [6, 6.07) is 0. The number of nitrogens with two attached hydrogens (primary N) is 1. The van der Waals surface area contributed by atoms with E-state index < -0.39 is 9.84 Å². The summed E-state index contributed by atoms with van der Waals surface area (Å²) in [5.41, 5.74) is 5.04. The summed E-state index contributed by atoms with van der Waals surface area (Å²) < 4.78 is 21.4. The molecule has 0 aliphatic rings. The Morgan fingerprint density at radius 2 is 2.00 bits per heavy atom. The molecule has 0 fully saturated rings. The van der Waals surface area contributed by atoms with Gasteiger partial charge >= 0.3 is 0 Å². The van der Waals surface area contributed by atoms with Crippen molar-refractivity contribution < 1.29 is 8.42 Å². The van der Waals surface area contributed by atoms with Crippen molar-refractivity contribution in [1.82, 2.24) is 5.32 Å². The number of sulfone groups is 1. The Morgan fingerprint density at radius 1 is 1.50 bits per heavy atom. The maximum absolute atomic E-state index is 10.7. The van der Waals surface area contributed by atoms with Crippen LogP contribution in [0.3, 0.4) is 0 Å². The van der Waals surface area contributed by atoms with Crippen LogP contribution in [-0.2, 0) is 9.84 Å². The lowest BCUT2D eigenvalue weighted by atomic mass is 10.8. The second-order valence-electron chi connectivity index (χ2n) is 1.73. The van der Waals surface area contributed by atoms with E-state index in [4.69, 9.17) is 5.73 Å². The third-order valence-electron chi connectivity index (χ3n) is 0.793. The average Bonchev–Trinajstić information content (AvgIpc) is 1.64. The van der Waals surface area contributed by atoms with E-state index in [0.717, 1.165) is 0 Å². The second kappa shape index (κ2) is 5.91. The molecule has 0 saturated carbocycles. The van der Waals surface area contributed by atoms with Gasteiger partial charge in [-0.2, -0.15) is 0 Å². The van der Waals surface area contributed by atoms with E-state index in [1.165, 1.54) is 0 Å². The largest absolute Gasteiger partial charge is 0.329 e. The maximum Gasteiger partial charge on any atom is 0.164 e. The Hall–Kier alpha value is 0.160. The fourth-order valence-electron chi connectivity index (χ4n) is 0.472. The van der Waals surface area contributed by atoms with Crippen molar-refractivity contribution in [1.29, 1.82) is 0 Å². The van der Waals surface area contributed by atoms with Crippen LogP contribution < -0.4 is 11.1 Å². The van der Waals surface area contributed by atoms with Crippen molar-refractivity contribution >= 4 is 22.2 Å². The van der Waals surface area contributed by atoms with E-state index in [2.05, 4.69) is 5.32 Å². The van der Waals surface area contributed by atoms with Gasteiger partial charge in [-0.25, -0.2) is 8.42 Å². The topological polar surface area (TPSA) is 72.2 Å². The maximum atomic E-state index is 10.7. The summed E-state index contributed by atoms with van der Waals surface area (Å²) in [5.74, 6) is 0.0814. The van der Waals surface area contributed by atoms with Crippen molar-refractivity contribution in [3.05, 3.63) is 0 Å². The van der Waals surface area contributed by atoms with Gasteiger partial charge in [0.15, 0.2) is 9.84 Å². The quantitative estimate of drug-likeness (QED) is 0.591. The fourth-order valence-corrected chi connectivity index (χ4v) is 1.41. The molecular formula is C4H13ClN2O2S. The van der Waals surface area contributed by atoms with E-state index in [-0.39, 0.29) is 30.6 Å². The van der Waals surface area contributed by atoms with Gasteiger partial charge in [0, 0.05) is 6.54 Å². The number of hydrogen-bond acceptors (Lipinski definition) is 4. The zero-order valence-electron chi connectivity index (χ0n) is 5.83. The Balaban J connectivity index is 0. The van der Waals surface area contributed by atoms with Gasteiger partial charge in [0.1, 0.15) is 0 Å². The summed E-state index contributed by atoms with van der Waals surface area (Å²) in [6.45, 7) is 0.198. The van der Waals surface area contributed by atoms with Crippen LogP contribution >= 0.6 is 12.4 Å². The van der Waals surface area contributed by atoms with Gasteiger partial charge in [-0.05, 0) is 7.05 Å². The van der Waals surface area contributed by atoms with Crippen LogP contribution in [-0.4, -0.2) is 33.6 Å². The van der Waals surface area contributed by atoms with Gasteiger partial charge in [0.2, 0.25) is 0 Å². The number of hydrogen-bond donors (Lipinski definition) is 2. The van der Waals surface area contributed by atoms with E-state index in [9.17, 15) is 8.42 Å². The highest BCUT2D eigenvalue weighted by molar-refractivity contribution is 7.91. The standard InChI is InChI=1S/C4H12N2O2S.ClH/c1-6-4-9(7,8)3-2-5;/h6H,2-5H2,1H3;1H. The number of nitrogens with one attached hydrogen (secondary N) is 1. The van der Waals surface area contributed by atoms with E-state index in [1.807, 2.05) is 0 Å². The Morgan fingerprint density at radius 3 is 2.30 bits per heavy atom. The second-order valence-corrected chi connectivity index (χ2v) is 3.92. The highest BCUT2D eigenvalue weighted by Crippen LogP contribution is 1.82. The third kappa shape index (κ3) is 6.28. The van der Waals surface area contributed by atoms with Gasteiger partial charge in [0.05, 0.1) is 11.6 Å². The van der Waals surface area contributed by atoms with Crippen LogP contribution in [0.15, 0.2) is 0 Å². The van der Waals surface area contributed by atoms with Crippen molar-refractivity contribution in [3.8, 4) is 0 Å². The molecule has 10 heavy (non-hydrogen) atoms. The van der Waals surface area contributed by atoms with Crippen molar-refractivity contribution in [3.63, 3.8) is 0 Å². The molecule has 0 aromatic heterocycles. The molecule has 0 saturated heterocycles. The first-order valence-corrected chi connectivity index (χ1v) is 4.49. The van der Waals surface area contributed by atoms with Gasteiger partial charge in [-0.15, -0.1) is 12.4 Å². The molecule has 0 aromatic rings. The predicted molar refractivity (Wildman–Crippen MR) is 44.0 cm³/mol. The molecule has 0 rings (SSSR count). The molecule has 0 aliphatic heterocycles. The van der Waals surface area contributed by atoms with Gasteiger partial charge in [-0.1, -0.05) is 0 Å². The fraction of sp³-hybridized carbons (Fsp3) is 1.00. The minimum atomic E-state index is -2.92. The van der Waals surface area contributed by atoms with Crippen LogP contribution in [0.1, 0.15) is 0 Å². The SMILES string of the molecule is CNCS(=O)(=O)CCN.Cl. The van der Waals surface area contributed by atoms with E-state index >= 15 is 0 Å². The molecule has 64 valence electrons. The lowest BCUT2D eigenvalue weighted by molar-refractivity contribution is 0.591. The predicted octanol–water partition coefficient (Wildman–Crippen LogP) is -1.04. The number of rotatable bonds is 4. The van der Waals surface area contributed by atoms with Gasteiger partial charge in [0.25, 0.3) is 0 Å². The minimum absolute atomic E-state index is 0. The first kappa shape index (κ1) is 12.8. The Bertz CT molecular complexity index is 145. The zero-order chi connectivity index (χ0) is 7.33. The molecule has 0 bridgehead atoms. The molecule has 0 spiro atoms. The highest BCUT2D eigenvalue weighted by Gasteiger charge is 2.05. The summed E-state index contributed by atoms with van der Waals surface area (Å²) >= 11 is 0. The molecule has 0 unspecified atom stereocenters. The molecule has 0 aromatic carbocycles. The average molecular weight is 189 g/mol. The molecule has 4 nitrogen and oxygen atoms in total. The zero-order valence-corrected chi connectivity index (χ0v) is 7.46. The lowest BCUT2D eigenvalue weighted by Crippen LogP contribution is -2.25. The van der Waals surface area contributed by atoms with E-state index in [0.29, 0.717) is 0 Å². The third-order valence-corrected chi connectivity index (χ3v) is 2.38. The molecule has 0 amide bonds. The summed E-state index contributed by atoms with van der Waals surface area (Å²) in [5, 5.41) is 2.55. The van der Waals surface area contributed by atoms with Crippen LogP contribution in [0.4, 0.5) is 0 Å². The number of halogens is 1. The normalized spacial score (nSPS) is 10.6. The van der Waals surface area contributed by atoms with Crippen LogP contribution in [0.25, 0.3) is 0 Å². The monoisotopic (exact) mass is 188 g/mol. The molecule has 0 radical (unpaired) electrons. The molecule has 0 atom stereocenters. The molecule has 3 N–H and O–H groups in total. The molecule has 6 heteroatoms. The molecule has 0 heterocycles. The molecular weight excluding hydrogens is 176 g/mol. The van der Waals surface area contributed by atoms with Crippen LogP contribution in [0.5, 0.6) is 0 Å². The summed E-state index contributed by atoms with van der Waals surface area (Å²) in [7, 11) is -1.33. The first-order valence-electron chi connectivity index (χ1n) is 2.67. The molecule has 0 aliphatic carbocycles. The Labute approximate surface area is 67.5 Å². The van der Waals surface area contributed by atoms with Gasteiger partial charge in [-0.3, -0.25) is 0 Å². The Kier molecular flexibility index (Phi) is 7.56. The van der Waals surface area contributed by atoms with Crippen molar-refractivity contribution in [2.75, 3.05) is 25.2 Å². The van der Waals surface area contributed by atoms with Gasteiger partial charge < -0.3 is 11.1 Å². The van der Waals surface area contributed by atoms with E-state index in [1.54, 1.807) is 7.05 Å².